The molecule has 0 aliphatic carbocycles. The molecule has 0 spiro atoms. The van der Waals surface area contributed by atoms with Crippen LogP contribution in [0.1, 0.15) is 32.2 Å². The summed E-state index contributed by atoms with van der Waals surface area (Å²) in [4.78, 5) is 0. The highest BCUT2D eigenvalue weighted by Crippen LogP contribution is 2.07. The van der Waals surface area contributed by atoms with Crippen molar-refractivity contribution in [1.29, 1.82) is 0 Å². The number of hydrogen-bond acceptors (Lipinski definition) is 3. The molecule has 1 rings (SSSR count). The molecule has 4 heteroatoms. The van der Waals surface area contributed by atoms with E-state index < -0.39 is 0 Å². The van der Waals surface area contributed by atoms with Crippen LogP contribution in [0.2, 0.25) is 0 Å². The monoisotopic (exact) mass is 196 g/mol. The second-order valence-corrected chi connectivity index (χ2v) is 3.57. The maximum atomic E-state index is 5.37. The van der Waals surface area contributed by atoms with E-state index in [1.807, 2.05) is 4.68 Å². The first-order valence-electron chi connectivity index (χ1n) is 5.23. The number of aryl methyl sites for hydroxylation is 2. The summed E-state index contributed by atoms with van der Waals surface area (Å²) >= 11 is 0. The zero-order valence-electron chi connectivity index (χ0n) is 9.25. The van der Waals surface area contributed by atoms with Gasteiger partial charge in [-0.05, 0) is 26.3 Å². The van der Waals surface area contributed by atoms with Crippen molar-refractivity contribution in [3.63, 3.8) is 0 Å². The Balaban J connectivity index is 2.78. The molecule has 1 unspecified atom stereocenters. The summed E-state index contributed by atoms with van der Waals surface area (Å²) in [6.07, 6.45) is 1.92. The molecule has 1 atom stereocenters. The number of nitrogens with two attached hydrogens (primary N) is 1. The summed E-state index contributed by atoms with van der Waals surface area (Å²) in [5.41, 5.74) is 5.17. The predicted molar refractivity (Wildman–Crippen MR) is 57.8 cm³/mol. The Morgan fingerprint density at radius 3 is 2.79 bits per heavy atom. The van der Waals surface area contributed by atoms with Crippen LogP contribution in [0.5, 0.6) is 0 Å². The van der Waals surface area contributed by atoms with E-state index >= 15 is 0 Å². The van der Waals surface area contributed by atoms with E-state index in [9.17, 15) is 0 Å². The molecule has 0 saturated heterocycles. The van der Waals surface area contributed by atoms with E-state index in [-0.39, 0.29) is 0 Å². The lowest BCUT2D eigenvalue weighted by Crippen LogP contribution is -2.34. The fourth-order valence-electron chi connectivity index (χ4n) is 1.50. The molecule has 0 radical (unpaired) electrons. The maximum absolute atomic E-state index is 5.37. The van der Waals surface area contributed by atoms with Crippen LogP contribution >= 0.6 is 0 Å². The zero-order valence-corrected chi connectivity index (χ0v) is 9.25. The Morgan fingerprint density at radius 1 is 1.57 bits per heavy atom. The Labute approximate surface area is 85.5 Å². The summed E-state index contributed by atoms with van der Waals surface area (Å²) in [7, 11) is 0. The molecule has 4 nitrogen and oxygen atoms in total. The van der Waals surface area contributed by atoms with Gasteiger partial charge in [-0.3, -0.25) is 16.0 Å². The minimum absolute atomic E-state index is 0.293. The molecule has 0 aliphatic rings. The number of aromatic nitrogens is 2. The third kappa shape index (κ3) is 2.56. The average molecular weight is 196 g/mol. The molecule has 1 aromatic heterocycles. The summed E-state index contributed by atoms with van der Waals surface area (Å²) < 4.78 is 2.05. The molecule has 80 valence electrons. The molecule has 0 fully saturated rings. The van der Waals surface area contributed by atoms with Gasteiger partial charge in [0.25, 0.3) is 0 Å². The molecule has 0 saturated carbocycles. The van der Waals surface area contributed by atoms with E-state index in [1.54, 1.807) is 0 Å². The van der Waals surface area contributed by atoms with E-state index in [4.69, 9.17) is 5.84 Å². The first-order chi connectivity index (χ1) is 6.71. The standard InChI is InChI=1S/C10H20N4/c1-4-9-7-10(6-8(3)12-11)14(5-2)13-9/h7-8,12H,4-6,11H2,1-3H3. The highest BCUT2D eigenvalue weighted by atomic mass is 15.3. The smallest absolute Gasteiger partial charge is 0.0624 e. The lowest BCUT2D eigenvalue weighted by molar-refractivity contribution is 0.528. The molecule has 0 aromatic carbocycles. The van der Waals surface area contributed by atoms with Crippen LogP contribution in [-0.4, -0.2) is 15.8 Å². The van der Waals surface area contributed by atoms with Gasteiger partial charge in [-0.2, -0.15) is 5.10 Å². The first-order valence-corrected chi connectivity index (χ1v) is 5.23. The van der Waals surface area contributed by atoms with Crippen LogP contribution in [0.25, 0.3) is 0 Å². The number of rotatable bonds is 5. The van der Waals surface area contributed by atoms with Gasteiger partial charge < -0.3 is 0 Å². The highest BCUT2D eigenvalue weighted by molar-refractivity contribution is 5.11. The zero-order chi connectivity index (χ0) is 10.6. The lowest BCUT2D eigenvalue weighted by Gasteiger charge is -2.10. The van der Waals surface area contributed by atoms with Crippen molar-refractivity contribution in [1.82, 2.24) is 15.2 Å². The summed E-state index contributed by atoms with van der Waals surface area (Å²) in [6.45, 7) is 7.22. The van der Waals surface area contributed by atoms with Crippen LogP contribution in [-0.2, 0) is 19.4 Å². The Kier molecular flexibility index (Phi) is 4.10. The highest BCUT2D eigenvalue weighted by Gasteiger charge is 2.08. The van der Waals surface area contributed by atoms with Crippen molar-refractivity contribution in [3.05, 3.63) is 17.5 Å². The largest absolute Gasteiger partial charge is 0.271 e. The first kappa shape index (κ1) is 11.2. The number of hydrogen-bond donors (Lipinski definition) is 2. The quantitative estimate of drug-likeness (QED) is 0.542. The molecule has 0 aliphatic heterocycles. The van der Waals surface area contributed by atoms with E-state index in [0.717, 1.165) is 25.1 Å². The molecule has 14 heavy (non-hydrogen) atoms. The Morgan fingerprint density at radius 2 is 2.29 bits per heavy atom. The molecule has 0 amide bonds. The van der Waals surface area contributed by atoms with Gasteiger partial charge in [-0.15, -0.1) is 0 Å². The lowest BCUT2D eigenvalue weighted by atomic mass is 10.2. The van der Waals surface area contributed by atoms with E-state index in [1.165, 1.54) is 5.69 Å². The van der Waals surface area contributed by atoms with Gasteiger partial charge in [-0.1, -0.05) is 6.92 Å². The number of hydrazine groups is 1. The van der Waals surface area contributed by atoms with Crippen LogP contribution < -0.4 is 11.3 Å². The maximum Gasteiger partial charge on any atom is 0.0624 e. The van der Waals surface area contributed by atoms with Crippen molar-refractivity contribution in [2.75, 3.05) is 0 Å². The summed E-state index contributed by atoms with van der Waals surface area (Å²) in [5.74, 6) is 5.37. The van der Waals surface area contributed by atoms with Gasteiger partial charge in [0.15, 0.2) is 0 Å². The van der Waals surface area contributed by atoms with Gasteiger partial charge in [-0.25, -0.2) is 0 Å². The van der Waals surface area contributed by atoms with Gasteiger partial charge in [0.1, 0.15) is 0 Å². The summed E-state index contributed by atoms with van der Waals surface area (Å²) in [5, 5.41) is 4.48. The topological polar surface area (TPSA) is 55.9 Å². The van der Waals surface area contributed by atoms with Crippen LogP contribution in [0.4, 0.5) is 0 Å². The van der Waals surface area contributed by atoms with Crippen molar-refractivity contribution in [2.24, 2.45) is 5.84 Å². The normalized spacial score (nSPS) is 13.1. The Bertz CT molecular complexity index is 280. The Hall–Kier alpha value is -0.870. The van der Waals surface area contributed by atoms with Gasteiger partial charge in [0.2, 0.25) is 0 Å². The summed E-state index contributed by atoms with van der Waals surface area (Å²) in [6, 6.07) is 2.46. The van der Waals surface area contributed by atoms with E-state index in [0.29, 0.717) is 6.04 Å². The SMILES string of the molecule is CCc1cc(CC(C)NN)n(CC)n1. The van der Waals surface area contributed by atoms with Gasteiger partial charge in [0, 0.05) is 24.7 Å². The molecular weight excluding hydrogens is 176 g/mol. The molecule has 1 aromatic rings. The third-order valence-corrected chi connectivity index (χ3v) is 2.38. The van der Waals surface area contributed by atoms with Crippen LogP contribution in [0, 0.1) is 0 Å². The van der Waals surface area contributed by atoms with Gasteiger partial charge >= 0.3 is 0 Å². The van der Waals surface area contributed by atoms with Crippen LogP contribution in [0.15, 0.2) is 6.07 Å². The van der Waals surface area contributed by atoms with Crippen molar-refractivity contribution in [3.8, 4) is 0 Å². The predicted octanol–water partition coefficient (Wildman–Crippen LogP) is 0.860. The molecule has 0 bridgehead atoms. The molecule has 1 heterocycles. The van der Waals surface area contributed by atoms with Crippen LogP contribution in [0.3, 0.4) is 0 Å². The fraction of sp³-hybridized carbons (Fsp3) is 0.700. The molecule has 3 N–H and O–H groups in total. The number of nitrogens with zero attached hydrogens (tertiary/aromatic N) is 2. The van der Waals surface area contributed by atoms with Gasteiger partial charge in [0.05, 0.1) is 5.69 Å². The van der Waals surface area contributed by atoms with Crippen molar-refractivity contribution >= 4 is 0 Å². The number of nitrogens with one attached hydrogen (secondary N) is 1. The average Bonchev–Trinajstić information content (AvgIpc) is 2.60. The van der Waals surface area contributed by atoms with E-state index in [2.05, 4.69) is 37.4 Å². The molecular formula is C10H20N4. The second kappa shape index (κ2) is 5.12. The van der Waals surface area contributed by atoms with Crippen molar-refractivity contribution < 1.29 is 0 Å². The van der Waals surface area contributed by atoms with Crippen molar-refractivity contribution in [2.45, 2.75) is 46.2 Å². The fourth-order valence-corrected chi connectivity index (χ4v) is 1.50. The minimum Gasteiger partial charge on any atom is -0.271 e. The second-order valence-electron chi connectivity index (χ2n) is 3.57. The minimum atomic E-state index is 0.293. The third-order valence-electron chi connectivity index (χ3n) is 2.38.